The number of hydrogen-bond donors (Lipinski definition) is 1. The normalized spacial score (nSPS) is 9.65. The quantitative estimate of drug-likeness (QED) is 0.895. The van der Waals surface area contributed by atoms with Crippen molar-refractivity contribution in [2.45, 2.75) is 0 Å². The number of nitrogens with one attached hydrogen (secondary N) is 1. The van der Waals surface area contributed by atoms with Gasteiger partial charge in [0.15, 0.2) is 5.82 Å². The highest BCUT2D eigenvalue weighted by Gasteiger charge is 2.14. The van der Waals surface area contributed by atoms with Crippen molar-refractivity contribution in [1.29, 1.82) is 10.5 Å². The lowest BCUT2D eigenvalue weighted by atomic mass is 10.1. The van der Waals surface area contributed by atoms with E-state index in [4.69, 9.17) is 10.5 Å². The first-order valence-electron chi connectivity index (χ1n) is 5.42. The lowest BCUT2D eigenvalue weighted by Gasteiger charge is -2.11. The zero-order valence-corrected chi connectivity index (χ0v) is 11.5. The summed E-state index contributed by atoms with van der Waals surface area (Å²) in [6.45, 7) is 0. The second-order valence-electron chi connectivity index (χ2n) is 3.80. The fourth-order valence-electron chi connectivity index (χ4n) is 1.62. The Morgan fingerprint density at radius 2 is 1.75 bits per heavy atom. The first-order valence-corrected chi connectivity index (χ1v) is 6.21. The minimum absolute atomic E-state index is 0.0138. The molecule has 1 N–H and O–H groups in total. The third kappa shape index (κ3) is 2.47. The van der Waals surface area contributed by atoms with Crippen LogP contribution in [-0.2, 0) is 0 Å². The summed E-state index contributed by atoms with van der Waals surface area (Å²) < 4.78 is 27.5. The van der Waals surface area contributed by atoms with Gasteiger partial charge in [0, 0.05) is 0 Å². The molecule has 2 aromatic carbocycles. The van der Waals surface area contributed by atoms with E-state index in [-0.39, 0.29) is 27.0 Å². The molecule has 6 heteroatoms. The Morgan fingerprint density at radius 1 is 1.00 bits per heavy atom. The summed E-state index contributed by atoms with van der Waals surface area (Å²) in [7, 11) is 0. The molecule has 2 aromatic rings. The van der Waals surface area contributed by atoms with Crippen LogP contribution in [0.5, 0.6) is 0 Å². The molecular weight excluding hydrogens is 328 g/mol. The minimum Gasteiger partial charge on any atom is -0.352 e. The standard InChI is InChI=1S/C14H6BrF2N3/c15-13-8(6-18)4-5-12(14(13)17)20-11-3-1-2-10(16)9(11)7-19/h1-5,20H. The molecule has 0 amide bonds. The Bertz CT molecular complexity index is 760. The maximum atomic E-state index is 14.0. The number of halogens is 3. The summed E-state index contributed by atoms with van der Waals surface area (Å²) >= 11 is 2.98. The highest BCUT2D eigenvalue weighted by atomic mass is 79.9. The molecule has 0 unspecified atom stereocenters. The monoisotopic (exact) mass is 333 g/mol. The lowest BCUT2D eigenvalue weighted by molar-refractivity contribution is 0.621. The van der Waals surface area contributed by atoms with Crippen molar-refractivity contribution in [1.82, 2.24) is 0 Å². The zero-order valence-electron chi connectivity index (χ0n) is 9.92. The number of benzene rings is 2. The SMILES string of the molecule is N#Cc1ccc(Nc2cccc(F)c2C#N)c(F)c1Br. The van der Waals surface area contributed by atoms with E-state index in [1.165, 1.54) is 24.3 Å². The first kappa shape index (κ1) is 14.0. The number of nitrogens with zero attached hydrogens (tertiary/aromatic N) is 2. The predicted molar refractivity (Wildman–Crippen MR) is 73.2 cm³/mol. The Morgan fingerprint density at radius 3 is 2.40 bits per heavy atom. The maximum absolute atomic E-state index is 14.0. The zero-order chi connectivity index (χ0) is 14.7. The van der Waals surface area contributed by atoms with Crippen molar-refractivity contribution in [2.75, 3.05) is 5.32 Å². The van der Waals surface area contributed by atoms with Crippen LogP contribution < -0.4 is 5.32 Å². The fourth-order valence-corrected chi connectivity index (χ4v) is 2.05. The molecule has 0 aromatic heterocycles. The van der Waals surface area contributed by atoms with Crippen LogP contribution in [0.1, 0.15) is 11.1 Å². The van der Waals surface area contributed by atoms with E-state index in [2.05, 4.69) is 21.2 Å². The molecule has 0 fully saturated rings. The molecule has 0 heterocycles. The minimum atomic E-state index is -0.689. The average Bonchev–Trinajstić information content (AvgIpc) is 2.44. The molecule has 0 saturated carbocycles. The molecule has 2 rings (SSSR count). The smallest absolute Gasteiger partial charge is 0.162 e. The van der Waals surface area contributed by atoms with E-state index in [0.717, 1.165) is 6.07 Å². The average molecular weight is 334 g/mol. The van der Waals surface area contributed by atoms with Crippen LogP contribution in [-0.4, -0.2) is 0 Å². The molecule has 20 heavy (non-hydrogen) atoms. The molecule has 0 aliphatic carbocycles. The van der Waals surface area contributed by atoms with Crippen LogP contribution in [0.15, 0.2) is 34.8 Å². The highest BCUT2D eigenvalue weighted by molar-refractivity contribution is 9.10. The molecule has 0 radical (unpaired) electrons. The molecule has 0 bridgehead atoms. The van der Waals surface area contributed by atoms with Gasteiger partial charge in [0.1, 0.15) is 23.5 Å². The van der Waals surface area contributed by atoms with Crippen molar-refractivity contribution in [3.8, 4) is 12.1 Å². The van der Waals surface area contributed by atoms with Gasteiger partial charge in [-0.1, -0.05) is 6.07 Å². The van der Waals surface area contributed by atoms with Gasteiger partial charge in [-0.15, -0.1) is 0 Å². The summed E-state index contributed by atoms with van der Waals surface area (Å²) in [6.07, 6.45) is 0. The summed E-state index contributed by atoms with van der Waals surface area (Å²) in [5, 5.41) is 20.3. The van der Waals surface area contributed by atoms with Gasteiger partial charge in [0.25, 0.3) is 0 Å². The number of nitriles is 2. The molecule has 0 spiro atoms. The van der Waals surface area contributed by atoms with Gasteiger partial charge in [0.05, 0.1) is 21.4 Å². The molecule has 0 aliphatic heterocycles. The number of anilines is 2. The summed E-state index contributed by atoms with van der Waals surface area (Å²) in [5.74, 6) is -1.37. The maximum Gasteiger partial charge on any atom is 0.162 e. The number of rotatable bonds is 2. The van der Waals surface area contributed by atoms with Crippen molar-refractivity contribution in [3.05, 3.63) is 57.6 Å². The predicted octanol–water partition coefficient (Wildman–Crippen LogP) is 4.21. The molecule has 0 atom stereocenters. The first-order chi connectivity index (χ1) is 9.58. The molecule has 0 saturated heterocycles. The van der Waals surface area contributed by atoms with E-state index < -0.39 is 11.6 Å². The second kappa shape index (κ2) is 5.68. The van der Waals surface area contributed by atoms with Crippen molar-refractivity contribution in [2.24, 2.45) is 0 Å². The summed E-state index contributed by atoms with van der Waals surface area (Å²) in [6, 6.07) is 10.3. The highest BCUT2D eigenvalue weighted by Crippen LogP contribution is 2.30. The van der Waals surface area contributed by atoms with E-state index in [1.54, 1.807) is 6.07 Å². The second-order valence-corrected chi connectivity index (χ2v) is 4.59. The Balaban J connectivity index is 2.47. The third-order valence-corrected chi connectivity index (χ3v) is 3.37. The van der Waals surface area contributed by atoms with Gasteiger partial charge < -0.3 is 5.32 Å². The van der Waals surface area contributed by atoms with Gasteiger partial charge in [0.2, 0.25) is 0 Å². The van der Waals surface area contributed by atoms with Crippen molar-refractivity contribution < 1.29 is 8.78 Å². The van der Waals surface area contributed by atoms with Crippen LogP contribution in [0.25, 0.3) is 0 Å². The molecule has 3 nitrogen and oxygen atoms in total. The molecule has 98 valence electrons. The lowest BCUT2D eigenvalue weighted by Crippen LogP contribution is -1.99. The van der Waals surface area contributed by atoms with E-state index in [9.17, 15) is 8.78 Å². The van der Waals surface area contributed by atoms with Gasteiger partial charge in [-0.05, 0) is 40.2 Å². The summed E-state index contributed by atoms with van der Waals surface area (Å²) in [5.41, 5.74) is 0.140. The van der Waals surface area contributed by atoms with Crippen LogP contribution in [0, 0.1) is 34.3 Å². The Labute approximate surface area is 122 Å². The number of hydrogen-bond acceptors (Lipinski definition) is 3. The van der Waals surface area contributed by atoms with E-state index >= 15 is 0 Å². The fraction of sp³-hybridized carbons (Fsp3) is 0. The van der Waals surface area contributed by atoms with E-state index in [1.807, 2.05) is 6.07 Å². The van der Waals surface area contributed by atoms with E-state index in [0.29, 0.717) is 0 Å². The largest absolute Gasteiger partial charge is 0.352 e. The van der Waals surface area contributed by atoms with Crippen LogP contribution in [0.4, 0.5) is 20.2 Å². The Hall–Kier alpha value is -2.44. The van der Waals surface area contributed by atoms with Gasteiger partial charge in [-0.2, -0.15) is 10.5 Å². The molecular formula is C14H6BrF2N3. The topological polar surface area (TPSA) is 59.6 Å². The van der Waals surface area contributed by atoms with Crippen molar-refractivity contribution in [3.63, 3.8) is 0 Å². The van der Waals surface area contributed by atoms with Crippen molar-refractivity contribution >= 4 is 27.3 Å². The van der Waals surface area contributed by atoms with Gasteiger partial charge >= 0.3 is 0 Å². The molecule has 0 aliphatic rings. The third-order valence-electron chi connectivity index (χ3n) is 2.60. The van der Waals surface area contributed by atoms with Crippen LogP contribution in [0.2, 0.25) is 0 Å². The van der Waals surface area contributed by atoms with Gasteiger partial charge in [-0.25, -0.2) is 8.78 Å². The Kier molecular flexibility index (Phi) is 3.97. The van der Waals surface area contributed by atoms with Crippen LogP contribution in [0.3, 0.4) is 0 Å². The van der Waals surface area contributed by atoms with Crippen LogP contribution >= 0.6 is 15.9 Å². The summed E-state index contributed by atoms with van der Waals surface area (Å²) in [4.78, 5) is 0. The van der Waals surface area contributed by atoms with Gasteiger partial charge in [-0.3, -0.25) is 0 Å².